The highest BCUT2D eigenvalue weighted by atomic mass is 35.5. The highest BCUT2D eigenvalue weighted by molar-refractivity contribution is 6.34. The van der Waals surface area contributed by atoms with Crippen LogP contribution in [0.1, 0.15) is 0 Å². The number of hydrogen-bond donors (Lipinski definition) is 1. The molecule has 17 heteroatoms. The van der Waals surface area contributed by atoms with Crippen LogP contribution in [0.4, 0.5) is 48.3 Å². The van der Waals surface area contributed by atoms with Gasteiger partial charge in [0.05, 0.1) is 0 Å². The molecule has 0 saturated heterocycles. The van der Waals surface area contributed by atoms with Gasteiger partial charge in [0.25, 0.3) is 0 Å². The fourth-order valence-corrected chi connectivity index (χ4v) is 1.92. The van der Waals surface area contributed by atoms with Gasteiger partial charge in [0.1, 0.15) is 0 Å². The summed E-state index contributed by atoms with van der Waals surface area (Å²) in [7, 11) is 0. The maximum Gasteiger partial charge on any atom is 0.395 e. The van der Waals surface area contributed by atoms with Crippen LogP contribution in [0.2, 0.25) is 0 Å². The molecule has 150 valence electrons. The lowest BCUT2D eigenvalue weighted by Crippen LogP contribution is -2.72. The molecule has 0 rings (SSSR count). The van der Waals surface area contributed by atoms with E-state index >= 15 is 0 Å². The first-order chi connectivity index (χ1) is 10.4. The molecule has 0 unspecified atom stereocenters. The summed E-state index contributed by atoms with van der Waals surface area (Å²) in [4.78, 5) is 10.0. The van der Waals surface area contributed by atoms with Crippen molar-refractivity contribution in [2.24, 2.45) is 0 Å². The number of carboxylic acid groups (broad SMARTS) is 1. The second-order valence-electron chi connectivity index (χ2n) is 4.25. The smallest absolute Gasteiger partial charge is 0.395 e. The van der Waals surface area contributed by atoms with E-state index in [2.05, 4.69) is 46.4 Å². The van der Waals surface area contributed by atoms with E-state index in [-0.39, 0.29) is 0 Å². The van der Waals surface area contributed by atoms with Crippen molar-refractivity contribution < 1.29 is 58.2 Å². The van der Waals surface area contributed by atoms with Crippen LogP contribution < -0.4 is 0 Å². The molecule has 0 amide bonds. The zero-order valence-corrected chi connectivity index (χ0v) is 13.5. The molecule has 25 heavy (non-hydrogen) atoms. The molecule has 0 heterocycles. The molecule has 0 aromatic carbocycles. The van der Waals surface area contributed by atoms with Crippen molar-refractivity contribution in [3.05, 3.63) is 0 Å². The number of carbonyl (C=O) groups is 1. The van der Waals surface area contributed by atoms with Crippen LogP contribution in [-0.4, -0.2) is 49.6 Å². The van der Waals surface area contributed by atoms with Gasteiger partial charge in [-0.15, -0.1) is 0 Å². The summed E-state index contributed by atoms with van der Waals surface area (Å²) in [5.41, 5.74) is 0. The Morgan fingerprint density at radius 1 is 0.600 bits per heavy atom. The van der Waals surface area contributed by atoms with Crippen LogP contribution >= 0.6 is 46.4 Å². The minimum Gasteiger partial charge on any atom is -0.477 e. The van der Waals surface area contributed by atoms with Gasteiger partial charge in [-0.25, -0.2) is 18.0 Å². The summed E-state index contributed by atoms with van der Waals surface area (Å²) >= 11 is 15.4. The molecule has 0 bridgehead atoms. The summed E-state index contributed by atoms with van der Waals surface area (Å²) in [5.74, 6) is -24.7. The third-order valence-electron chi connectivity index (χ3n) is 2.60. The van der Waals surface area contributed by atoms with Crippen molar-refractivity contribution in [2.75, 3.05) is 0 Å². The Morgan fingerprint density at radius 2 is 0.880 bits per heavy atom. The van der Waals surface area contributed by atoms with Crippen molar-refractivity contribution in [3.8, 4) is 0 Å². The van der Waals surface area contributed by atoms with Gasteiger partial charge < -0.3 is 5.11 Å². The van der Waals surface area contributed by atoms with Crippen molar-refractivity contribution >= 4 is 52.4 Å². The highest BCUT2D eigenvalue weighted by Crippen LogP contribution is 2.64. The largest absolute Gasteiger partial charge is 0.477 e. The lowest BCUT2D eigenvalue weighted by Gasteiger charge is -2.43. The van der Waals surface area contributed by atoms with Gasteiger partial charge in [0.2, 0.25) is 0 Å². The topological polar surface area (TPSA) is 37.3 Å². The molecule has 0 radical (unpaired) electrons. The van der Waals surface area contributed by atoms with E-state index in [0.29, 0.717) is 0 Å². The fraction of sp³-hybridized carbons (Fsp3) is 0.875. The van der Waals surface area contributed by atoms with Crippen molar-refractivity contribution in [1.29, 1.82) is 0 Å². The van der Waals surface area contributed by atoms with E-state index in [1.165, 1.54) is 0 Å². The first-order valence-electron chi connectivity index (χ1n) is 5.01. The maximum atomic E-state index is 13.7. The second-order valence-corrected chi connectivity index (χ2v) is 6.29. The molecule has 0 aliphatic rings. The standard InChI is InChI=1S/C8HCl4F11O2/c9-3(15,2(13,14)1(24)25)6(18,19)4(10,16)7(20,21)5(11,17)8(12,22)23/h(H,24,25)/t3-,4-,5+/m1/s1. The summed E-state index contributed by atoms with van der Waals surface area (Å²) in [6.45, 7) is 0. The highest BCUT2D eigenvalue weighted by Gasteiger charge is 2.90. The molecule has 0 saturated carbocycles. The molecule has 2 nitrogen and oxygen atoms in total. The zero-order valence-electron chi connectivity index (χ0n) is 10.5. The third kappa shape index (κ3) is 3.18. The first kappa shape index (κ1) is 24.9. The number of alkyl halides is 15. The Hall–Kier alpha value is -0.140. The molecule has 0 aromatic heterocycles. The SMILES string of the molecule is O=C(O)C(F)(F)[C@](F)(Cl)C(F)(F)[C@](F)(Cl)C(F)(F)[C@@](F)(Cl)C(F)(F)Cl. The zero-order chi connectivity index (χ0) is 21.1. The summed E-state index contributed by atoms with van der Waals surface area (Å²) in [6, 6.07) is 0. The van der Waals surface area contributed by atoms with Gasteiger partial charge in [0.15, 0.2) is 0 Å². The molecule has 0 aliphatic heterocycles. The average Bonchev–Trinajstić information content (AvgIpc) is 2.35. The summed E-state index contributed by atoms with van der Waals surface area (Å²) in [5, 5.41) is -17.9. The minimum absolute atomic E-state index is 3.76. The van der Waals surface area contributed by atoms with Crippen molar-refractivity contribution in [2.45, 2.75) is 38.5 Å². The van der Waals surface area contributed by atoms with Gasteiger partial charge in [-0.2, -0.15) is 35.1 Å². The molecule has 0 fully saturated rings. The Morgan fingerprint density at radius 3 is 1.12 bits per heavy atom. The Bertz CT molecular complexity index is 543. The van der Waals surface area contributed by atoms with Crippen LogP contribution in [0, 0.1) is 0 Å². The van der Waals surface area contributed by atoms with Crippen LogP contribution in [0.3, 0.4) is 0 Å². The van der Waals surface area contributed by atoms with Crippen LogP contribution in [0.5, 0.6) is 0 Å². The van der Waals surface area contributed by atoms with Crippen LogP contribution in [0.25, 0.3) is 0 Å². The molecule has 1 N–H and O–H groups in total. The number of carboxylic acids is 1. The predicted molar refractivity (Wildman–Crippen MR) is 62.4 cm³/mol. The van der Waals surface area contributed by atoms with Gasteiger partial charge >= 0.3 is 44.5 Å². The van der Waals surface area contributed by atoms with Gasteiger partial charge in [0, 0.05) is 0 Å². The van der Waals surface area contributed by atoms with E-state index in [1.54, 1.807) is 0 Å². The van der Waals surface area contributed by atoms with E-state index in [1.807, 2.05) is 0 Å². The average molecular weight is 480 g/mol. The quantitative estimate of drug-likeness (QED) is 0.385. The molecule has 3 atom stereocenters. The lowest BCUT2D eigenvalue weighted by molar-refractivity contribution is -0.305. The van der Waals surface area contributed by atoms with E-state index in [9.17, 15) is 53.1 Å². The summed E-state index contributed by atoms with van der Waals surface area (Å²) in [6.07, 6.45) is 0. The van der Waals surface area contributed by atoms with E-state index in [0.717, 1.165) is 0 Å². The number of aliphatic carboxylic acids is 1. The number of rotatable bonds is 7. The third-order valence-corrected chi connectivity index (χ3v) is 4.38. The molecular weight excluding hydrogens is 479 g/mol. The number of hydrogen-bond acceptors (Lipinski definition) is 1. The molecule has 0 aliphatic carbocycles. The van der Waals surface area contributed by atoms with Gasteiger partial charge in [-0.3, -0.25) is 0 Å². The van der Waals surface area contributed by atoms with E-state index in [4.69, 9.17) is 5.11 Å². The Balaban J connectivity index is 6.55. The molecule has 0 spiro atoms. The van der Waals surface area contributed by atoms with Crippen molar-refractivity contribution in [3.63, 3.8) is 0 Å². The fourth-order valence-electron chi connectivity index (χ4n) is 1.10. The Kier molecular flexibility index (Phi) is 6.16. The maximum absolute atomic E-state index is 13.7. The molecular formula is C8HCl4F11O2. The minimum atomic E-state index is -7.23. The predicted octanol–water partition coefficient (Wildman–Crippen LogP) is 5.52. The second kappa shape index (κ2) is 6.20. The Labute approximate surface area is 149 Å². The van der Waals surface area contributed by atoms with Gasteiger partial charge in [-0.1, -0.05) is 34.8 Å². The van der Waals surface area contributed by atoms with Crippen LogP contribution in [0.15, 0.2) is 0 Å². The summed E-state index contributed by atoms with van der Waals surface area (Å²) < 4.78 is 145. The lowest BCUT2D eigenvalue weighted by atomic mass is 9.94. The normalized spacial score (nSPS) is 21.9. The van der Waals surface area contributed by atoms with E-state index < -0.39 is 44.5 Å². The van der Waals surface area contributed by atoms with Gasteiger partial charge in [-0.05, 0) is 11.6 Å². The molecule has 0 aromatic rings. The number of halogens is 15. The van der Waals surface area contributed by atoms with Crippen LogP contribution in [-0.2, 0) is 4.79 Å². The first-order valence-corrected chi connectivity index (χ1v) is 6.52. The monoisotopic (exact) mass is 478 g/mol. The van der Waals surface area contributed by atoms with Crippen molar-refractivity contribution in [1.82, 2.24) is 0 Å².